The molecule has 0 aliphatic carbocycles. The molecule has 1 aromatic rings. The Morgan fingerprint density at radius 3 is 2.76 bits per heavy atom. The van der Waals surface area contributed by atoms with Crippen LogP contribution in [0.25, 0.3) is 0 Å². The van der Waals surface area contributed by atoms with Gasteiger partial charge in [-0.3, -0.25) is 4.79 Å². The van der Waals surface area contributed by atoms with E-state index in [1.54, 1.807) is 0 Å². The lowest BCUT2D eigenvalue weighted by Gasteiger charge is -2.19. The molecular weight excluding hydrogens is 242 g/mol. The zero-order chi connectivity index (χ0) is 12.8. The third kappa shape index (κ3) is 4.44. The number of esters is 1. The molecule has 94 valence electrons. The number of carboxylic acid groups (broad SMARTS) is 1. The lowest BCUT2D eigenvalue weighted by molar-refractivity contribution is -0.147. The van der Waals surface area contributed by atoms with Crippen LogP contribution in [0.4, 0.5) is 4.79 Å². The zero-order valence-corrected chi connectivity index (χ0v) is 10.6. The fraction of sp³-hybridized carbons (Fsp3) is 0.455. The Kier molecular flexibility index (Phi) is 4.96. The molecule has 0 radical (unpaired) electrons. The maximum atomic E-state index is 11.0. The first-order valence-corrected chi connectivity index (χ1v) is 6.03. The van der Waals surface area contributed by atoms with Crippen LogP contribution in [-0.4, -0.2) is 35.7 Å². The van der Waals surface area contributed by atoms with Gasteiger partial charge in [0.25, 0.3) is 0 Å². The quantitative estimate of drug-likeness (QED) is 0.822. The van der Waals surface area contributed by atoms with Crippen molar-refractivity contribution in [3.05, 3.63) is 22.4 Å². The van der Waals surface area contributed by atoms with Crippen LogP contribution >= 0.6 is 11.3 Å². The minimum atomic E-state index is -0.988. The standard InChI is InChI=1S/C11H15NO4S/c1-8(13)16-9(10-4-3-7-17-10)5-6-12(2)11(14)15/h3-4,7,9H,5-6H2,1-2H3,(H,14,15)/t9-/m1/s1. The molecule has 0 bridgehead atoms. The van der Waals surface area contributed by atoms with E-state index in [0.717, 1.165) is 4.88 Å². The van der Waals surface area contributed by atoms with Crippen LogP contribution in [0.2, 0.25) is 0 Å². The van der Waals surface area contributed by atoms with Crippen LogP contribution in [0, 0.1) is 0 Å². The molecule has 0 aliphatic heterocycles. The van der Waals surface area contributed by atoms with Crippen LogP contribution in [0.5, 0.6) is 0 Å². The third-order valence-corrected chi connectivity index (χ3v) is 3.19. The molecule has 1 aromatic heterocycles. The monoisotopic (exact) mass is 257 g/mol. The molecule has 0 saturated carbocycles. The van der Waals surface area contributed by atoms with E-state index in [1.165, 1.54) is 30.2 Å². The molecule has 1 amide bonds. The molecule has 17 heavy (non-hydrogen) atoms. The van der Waals surface area contributed by atoms with E-state index in [2.05, 4.69) is 0 Å². The number of amides is 1. The second-order valence-electron chi connectivity index (χ2n) is 3.61. The summed E-state index contributed by atoms with van der Waals surface area (Å²) in [5.41, 5.74) is 0. The lowest BCUT2D eigenvalue weighted by Crippen LogP contribution is -2.27. The molecule has 0 fully saturated rings. The number of carbonyl (C=O) groups excluding carboxylic acids is 1. The highest BCUT2D eigenvalue weighted by Crippen LogP contribution is 2.25. The summed E-state index contributed by atoms with van der Waals surface area (Å²) in [7, 11) is 1.49. The van der Waals surface area contributed by atoms with Crippen molar-refractivity contribution in [2.75, 3.05) is 13.6 Å². The number of thiophene rings is 1. The fourth-order valence-corrected chi connectivity index (χ4v) is 2.13. The number of hydrogen-bond donors (Lipinski definition) is 1. The van der Waals surface area contributed by atoms with Gasteiger partial charge >= 0.3 is 12.1 Å². The Morgan fingerprint density at radius 1 is 1.59 bits per heavy atom. The van der Waals surface area contributed by atoms with Gasteiger partial charge in [0.2, 0.25) is 0 Å². The van der Waals surface area contributed by atoms with Gasteiger partial charge in [0, 0.05) is 31.8 Å². The largest absolute Gasteiger partial charge is 0.465 e. The number of hydrogen-bond acceptors (Lipinski definition) is 4. The van der Waals surface area contributed by atoms with Gasteiger partial charge in [0.15, 0.2) is 0 Å². The second kappa shape index (κ2) is 6.24. The van der Waals surface area contributed by atoms with E-state index in [0.29, 0.717) is 13.0 Å². The topological polar surface area (TPSA) is 66.8 Å². The van der Waals surface area contributed by atoms with Gasteiger partial charge in [-0.1, -0.05) is 6.07 Å². The Balaban J connectivity index is 2.59. The van der Waals surface area contributed by atoms with Crippen molar-refractivity contribution >= 4 is 23.4 Å². The molecule has 0 unspecified atom stereocenters. The van der Waals surface area contributed by atoms with E-state index in [-0.39, 0.29) is 12.1 Å². The minimum Gasteiger partial charge on any atom is -0.465 e. The number of carbonyl (C=O) groups is 2. The van der Waals surface area contributed by atoms with Crippen molar-refractivity contribution in [3.8, 4) is 0 Å². The summed E-state index contributed by atoms with van der Waals surface area (Å²) < 4.78 is 5.18. The van der Waals surface area contributed by atoms with Crippen LogP contribution < -0.4 is 0 Å². The average molecular weight is 257 g/mol. The molecule has 1 rings (SSSR count). The van der Waals surface area contributed by atoms with Crippen LogP contribution in [0.15, 0.2) is 17.5 Å². The van der Waals surface area contributed by atoms with Gasteiger partial charge < -0.3 is 14.7 Å². The number of rotatable bonds is 5. The predicted octanol–water partition coefficient (Wildman–Crippen LogP) is 2.35. The Morgan fingerprint density at radius 2 is 2.29 bits per heavy atom. The molecule has 0 aliphatic rings. The molecule has 5 nitrogen and oxygen atoms in total. The Hall–Kier alpha value is -1.56. The first-order chi connectivity index (χ1) is 8.00. The SMILES string of the molecule is CC(=O)O[C@H](CCN(C)C(=O)O)c1cccs1. The third-order valence-electron chi connectivity index (χ3n) is 2.22. The van der Waals surface area contributed by atoms with Gasteiger partial charge in [-0.2, -0.15) is 0 Å². The summed E-state index contributed by atoms with van der Waals surface area (Å²) >= 11 is 1.49. The summed E-state index contributed by atoms with van der Waals surface area (Å²) in [6.07, 6.45) is -0.893. The van der Waals surface area contributed by atoms with Crippen molar-refractivity contribution in [2.45, 2.75) is 19.4 Å². The highest BCUT2D eigenvalue weighted by atomic mass is 32.1. The molecule has 1 heterocycles. The van der Waals surface area contributed by atoms with Gasteiger partial charge in [0.1, 0.15) is 6.10 Å². The summed E-state index contributed by atoms with van der Waals surface area (Å²) in [6, 6.07) is 3.75. The van der Waals surface area contributed by atoms with Crippen LogP contribution in [0.1, 0.15) is 24.3 Å². The molecule has 0 aromatic carbocycles. The van der Waals surface area contributed by atoms with Crippen LogP contribution in [0.3, 0.4) is 0 Å². The summed E-state index contributed by atoms with van der Waals surface area (Å²) in [5, 5.41) is 10.6. The normalized spacial score (nSPS) is 11.9. The van der Waals surface area contributed by atoms with E-state index in [4.69, 9.17) is 9.84 Å². The minimum absolute atomic E-state index is 0.325. The predicted molar refractivity (Wildman–Crippen MR) is 64.1 cm³/mol. The molecule has 1 atom stereocenters. The van der Waals surface area contributed by atoms with Gasteiger partial charge in [0.05, 0.1) is 0 Å². The van der Waals surface area contributed by atoms with E-state index in [1.807, 2.05) is 17.5 Å². The van der Waals surface area contributed by atoms with Crippen molar-refractivity contribution < 1.29 is 19.4 Å². The lowest BCUT2D eigenvalue weighted by atomic mass is 10.2. The maximum absolute atomic E-state index is 11.0. The second-order valence-corrected chi connectivity index (χ2v) is 4.59. The molecule has 0 spiro atoms. The van der Waals surface area contributed by atoms with Crippen molar-refractivity contribution in [2.24, 2.45) is 0 Å². The summed E-state index contributed by atoms with van der Waals surface area (Å²) in [5.74, 6) is -0.360. The number of nitrogens with zero attached hydrogens (tertiary/aromatic N) is 1. The maximum Gasteiger partial charge on any atom is 0.407 e. The molecule has 0 saturated heterocycles. The summed E-state index contributed by atoms with van der Waals surface area (Å²) in [6.45, 7) is 1.67. The average Bonchev–Trinajstić information content (AvgIpc) is 2.76. The van der Waals surface area contributed by atoms with Gasteiger partial charge in [-0.15, -0.1) is 11.3 Å². The Bertz CT molecular complexity index is 377. The molecular formula is C11H15NO4S. The first-order valence-electron chi connectivity index (χ1n) is 5.15. The van der Waals surface area contributed by atoms with E-state index < -0.39 is 6.09 Å². The first kappa shape index (κ1) is 13.5. The van der Waals surface area contributed by atoms with Crippen molar-refractivity contribution in [3.63, 3.8) is 0 Å². The van der Waals surface area contributed by atoms with E-state index in [9.17, 15) is 9.59 Å². The van der Waals surface area contributed by atoms with Crippen molar-refractivity contribution in [1.82, 2.24) is 4.90 Å². The highest BCUT2D eigenvalue weighted by molar-refractivity contribution is 7.10. The smallest absolute Gasteiger partial charge is 0.407 e. The molecule has 6 heteroatoms. The molecule has 1 N–H and O–H groups in total. The van der Waals surface area contributed by atoms with Crippen molar-refractivity contribution in [1.29, 1.82) is 0 Å². The van der Waals surface area contributed by atoms with E-state index >= 15 is 0 Å². The summed E-state index contributed by atoms with van der Waals surface area (Å²) in [4.78, 5) is 23.7. The highest BCUT2D eigenvalue weighted by Gasteiger charge is 2.17. The van der Waals surface area contributed by atoms with Crippen LogP contribution in [-0.2, 0) is 9.53 Å². The zero-order valence-electron chi connectivity index (χ0n) is 9.75. The fourth-order valence-electron chi connectivity index (χ4n) is 1.34. The van der Waals surface area contributed by atoms with Gasteiger partial charge in [-0.25, -0.2) is 4.79 Å². The number of ether oxygens (including phenoxy) is 1. The Labute approximate surface area is 104 Å². The van der Waals surface area contributed by atoms with Gasteiger partial charge in [-0.05, 0) is 11.4 Å².